The summed E-state index contributed by atoms with van der Waals surface area (Å²) >= 11 is 0. The molecule has 0 saturated heterocycles. The van der Waals surface area contributed by atoms with Crippen LogP contribution in [0.4, 0.5) is 0 Å². The van der Waals surface area contributed by atoms with Gasteiger partial charge in [-0.15, -0.1) is 12.4 Å². The summed E-state index contributed by atoms with van der Waals surface area (Å²) in [6.07, 6.45) is 0.418. The van der Waals surface area contributed by atoms with Crippen molar-refractivity contribution in [1.82, 2.24) is 5.32 Å². The number of nitrogens with one attached hydrogen (secondary N) is 1. The van der Waals surface area contributed by atoms with E-state index < -0.39 is 6.10 Å². The average molecular weight is 406 g/mol. The Morgan fingerprint density at radius 3 is 2.18 bits per heavy atom. The second-order valence-corrected chi connectivity index (χ2v) is 8.49. The Morgan fingerprint density at radius 1 is 1.00 bits per heavy atom. The minimum atomic E-state index is -0.557. The first-order valence-corrected chi connectivity index (χ1v) is 9.92. The summed E-state index contributed by atoms with van der Waals surface area (Å²) < 4.78 is 5.98. The normalized spacial score (nSPS) is 13.5. The fourth-order valence-electron chi connectivity index (χ4n) is 3.18. The molecule has 0 amide bonds. The molecule has 28 heavy (non-hydrogen) atoms. The summed E-state index contributed by atoms with van der Waals surface area (Å²) in [4.78, 5) is 0. The van der Waals surface area contributed by atoms with Gasteiger partial charge in [0.15, 0.2) is 0 Å². The quantitative estimate of drug-likeness (QED) is 0.608. The Kier molecular flexibility index (Phi) is 9.49. The molecule has 0 aliphatic carbocycles. The van der Waals surface area contributed by atoms with E-state index in [4.69, 9.17) is 4.74 Å². The molecule has 2 rings (SSSR count). The molecule has 156 valence electrons. The van der Waals surface area contributed by atoms with E-state index in [0.717, 1.165) is 12.2 Å². The van der Waals surface area contributed by atoms with E-state index >= 15 is 0 Å². The third-order valence-corrected chi connectivity index (χ3v) is 4.86. The van der Waals surface area contributed by atoms with Crippen LogP contribution in [0.2, 0.25) is 0 Å². The van der Waals surface area contributed by atoms with Gasteiger partial charge in [-0.2, -0.15) is 0 Å². The number of aliphatic hydroxyl groups is 1. The molecule has 2 aromatic rings. The predicted octanol–water partition coefficient (Wildman–Crippen LogP) is 5.50. The maximum Gasteiger partial charge on any atom is 0.123 e. The number of aryl methyl sites for hydroxylation is 2. The largest absolute Gasteiger partial charge is 0.491 e. The van der Waals surface area contributed by atoms with Crippen LogP contribution in [0.15, 0.2) is 42.5 Å². The lowest BCUT2D eigenvalue weighted by molar-refractivity contribution is 0.102. The minimum Gasteiger partial charge on any atom is -0.491 e. The zero-order valence-electron chi connectivity index (χ0n) is 18.1. The Balaban J connectivity index is 0.00000392. The van der Waals surface area contributed by atoms with E-state index in [0.29, 0.717) is 6.54 Å². The van der Waals surface area contributed by atoms with E-state index in [1.165, 1.54) is 22.3 Å². The first kappa shape index (κ1) is 24.5. The lowest BCUT2D eigenvalue weighted by atomic mass is 9.85. The predicted molar refractivity (Wildman–Crippen MR) is 121 cm³/mol. The van der Waals surface area contributed by atoms with E-state index in [9.17, 15) is 5.11 Å². The topological polar surface area (TPSA) is 41.5 Å². The van der Waals surface area contributed by atoms with Crippen LogP contribution in [0, 0.1) is 13.8 Å². The van der Waals surface area contributed by atoms with E-state index in [1.54, 1.807) is 0 Å². The third-order valence-electron chi connectivity index (χ3n) is 4.86. The van der Waals surface area contributed by atoms with Crippen molar-refractivity contribution >= 4 is 12.4 Å². The second kappa shape index (κ2) is 10.8. The number of halogens is 1. The van der Waals surface area contributed by atoms with Gasteiger partial charge in [-0.1, -0.05) is 75.2 Å². The number of hydrogen-bond acceptors (Lipinski definition) is 3. The van der Waals surface area contributed by atoms with Crippen LogP contribution in [0.3, 0.4) is 0 Å². The van der Waals surface area contributed by atoms with Crippen LogP contribution >= 0.6 is 12.4 Å². The maximum atomic E-state index is 10.4. The molecular weight excluding hydrogens is 370 g/mol. The fraction of sp³-hybridized carbons (Fsp3) is 0.500. The molecule has 0 aliphatic heterocycles. The summed E-state index contributed by atoms with van der Waals surface area (Å²) in [7, 11) is 0. The molecule has 0 saturated carbocycles. The number of benzene rings is 2. The molecule has 0 spiro atoms. The van der Waals surface area contributed by atoms with Crippen LogP contribution in [0.1, 0.15) is 62.4 Å². The molecule has 4 heteroatoms. The molecular formula is C24H36ClNO2. The molecule has 0 heterocycles. The summed E-state index contributed by atoms with van der Waals surface area (Å²) in [5, 5.41) is 13.9. The molecule has 2 atom stereocenters. The first-order chi connectivity index (χ1) is 12.7. The van der Waals surface area contributed by atoms with Crippen molar-refractivity contribution in [2.45, 2.75) is 65.5 Å². The zero-order valence-corrected chi connectivity index (χ0v) is 18.9. The van der Waals surface area contributed by atoms with Gasteiger partial charge in [0.1, 0.15) is 18.5 Å². The van der Waals surface area contributed by atoms with Gasteiger partial charge in [0.25, 0.3) is 0 Å². The van der Waals surface area contributed by atoms with Crippen molar-refractivity contribution < 1.29 is 9.84 Å². The van der Waals surface area contributed by atoms with E-state index in [1.807, 2.05) is 6.07 Å². The van der Waals surface area contributed by atoms with Gasteiger partial charge < -0.3 is 15.2 Å². The third kappa shape index (κ3) is 7.12. The summed E-state index contributed by atoms with van der Waals surface area (Å²) in [6.45, 7) is 13.7. The molecule has 2 unspecified atom stereocenters. The molecule has 0 aromatic heterocycles. The van der Waals surface area contributed by atoms with Gasteiger partial charge in [0.2, 0.25) is 0 Å². The van der Waals surface area contributed by atoms with E-state index in [2.05, 4.69) is 83.3 Å². The van der Waals surface area contributed by atoms with Gasteiger partial charge >= 0.3 is 0 Å². The standard InChI is InChI=1S/C24H35NO2.ClH/c1-7-22(19-11-8-17(2)9-12-19)25-15-20(26)16-27-23-13-10-18(3)14-21(23)24(4,5)6;/h8-14,20,22,25-26H,7,15-16H2,1-6H3;1H. The Hall–Kier alpha value is -1.55. The summed E-state index contributed by atoms with van der Waals surface area (Å²) in [5.74, 6) is 0.859. The van der Waals surface area contributed by atoms with Gasteiger partial charge in [-0.05, 0) is 42.9 Å². The van der Waals surface area contributed by atoms with Crippen LogP contribution in [0.25, 0.3) is 0 Å². The maximum absolute atomic E-state index is 10.4. The molecule has 0 aliphatic rings. The van der Waals surface area contributed by atoms with Crippen molar-refractivity contribution in [3.8, 4) is 5.75 Å². The first-order valence-electron chi connectivity index (χ1n) is 9.92. The molecule has 0 fully saturated rings. The molecule has 2 aromatic carbocycles. The smallest absolute Gasteiger partial charge is 0.123 e. The van der Waals surface area contributed by atoms with Crippen molar-refractivity contribution in [3.63, 3.8) is 0 Å². The molecule has 2 N–H and O–H groups in total. The number of rotatable bonds is 8. The van der Waals surface area contributed by atoms with Crippen LogP contribution in [-0.4, -0.2) is 24.4 Å². The SMILES string of the molecule is CCC(NCC(O)COc1ccc(C)cc1C(C)(C)C)c1ccc(C)cc1.Cl. The van der Waals surface area contributed by atoms with Crippen molar-refractivity contribution in [1.29, 1.82) is 0 Å². The lowest BCUT2D eigenvalue weighted by Crippen LogP contribution is -2.34. The molecule has 0 bridgehead atoms. The van der Waals surface area contributed by atoms with Crippen molar-refractivity contribution in [2.24, 2.45) is 0 Å². The van der Waals surface area contributed by atoms with Crippen LogP contribution in [0.5, 0.6) is 5.75 Å². The fourth-order valence-corrected chi connectivity index (χ4v) is 3.18. The summed E-state index contributed by atoms with van der Waals surface area (Å²) in [6, 6.07) is 15.0. The highest BCUT2D eigenvalue weighted by atomic mass is 35.5. The van der Waals surface area contributed by atoms with Crippen molar-refractivity contribution in [2.75, 3.05) is 13.2 Å². The van der Waals surface area contributed by atoms with Gasteiger partial charge in [0, 0.05) is 12.6 Å². The monoisotopic (exact) mass is 405 g/mol. The lowest BCUT2D eigenvalue weighted by Gasteiger charge is -2.25. The van der Waals surface area contributed by atoms with Crippen LogP contribution in [-0.2, 0) is 5.41 Å². The van der Waals surface area contributed by atoms with Gasteiger partial charge in [-0.3, -0.25) is 0 Å². The zero-order chi connectivity index (χ0) is 20.0. The second-order valence-electron chi connectivity index (χ2n) is 8.49. The Morgan fingerprint density at radius 2 is 1.61 bits per heavy atom. The summed E-state index contributed by atoms with van der Waals surface area (Å²) in [5.41, 5.74) is 4.91. The Labute approximate surface area is 176 Å². The Bertz CT molecular complexity index is 722. The number of ether oxygens (including phenoxy) is 1. The highest BCUT2D eigenvalue weighted by Crippen LogP contribution is 2.32. The number of aliphatic hydroxyl groups excluding tert-OH is 1. The van der Waals surface area contributed by atoms with Gasteiger partial charge in [-0.25, -0.2) is 0 Å². The van der Waals surface area contributed by atoms with Gasteiger partial charge in [0.05, 0.1) is 0 Å². The molecule has 3 nitrogen and oxygen atoms in total. The highest BCUT2D eigenvalue weighted by molar-refractivity contribution is 5.85. The number of hydrogen-bond donors (Lipinski definition) is 2. The van der Waals surface area contributed by atoms with E-state index in [-0.39, 0.29) is 30.5 Å². The minimum absolute atomic E-state index is 0. The van der Waals surface area contributed by atoms with Crippen molar-refractivity contribution in [3.05, 3.63) is 64.7 Å². The average Bonchev–Trinajstić information content (AvgIpc) is 2.61. The van der Waals surface area contributed by atoms with Crippen LogP contribution < -0.4 is 10.1 Å². The highest BCUT2D eigenvalue weighted by Gasteiger charge is 2.20. The molecule has 0 radical (unpaired) electrons.